The van der Waals surface area contributed by atoms with E-state index in [1.165, 1.54) is 21.8 Å². The zero-order chi connectivity index (χ0) is 17.1. The molecule has 3 nitrogen and oxygen atoms in total. The average Bonchev–Trinajstić information content (AvgIpc) is 2.91. The SMILES string of the molecule is CCn1c2ccccc2c2cc(C=NC(CO)CC(C)C)ccc21. The Morgan fingerprint density at radius 2 is 1.83 bits per heavy atom. The molecule has 126 valence electrons. The minimum absolute atomic E-state index is 0.0160. The Morgan fingerprint density at radius 3 is 2.54 bits per heavy atom. The van der Waals surface area contributed by atoms with Crippen LogP contribution in [0.25, 0.3) is 21.8 Å². The average molecular weight is 322 g/mol. The Kier molecular flexibility index (Phi) is 5.00. The van der Waals surface area contributed by atoms with E-state index < -0.39 is 0 Å². The summed E-state index contributed by atoms with van der Waals surface area (Å²) in [6, 6.07) is 15.0. The van der Waals surface area contributed by atoms with Crippen molar-refractivity contribution in [3.05, 3.63) is 48.0 Å². The summed E-state index contributed by atoms with van der Waals surface area (Å²) in [5.74, 6) is 0.532. The van der Waals surface area contributed by atoms with Gasteiger partial charge in [-0.05, 0) is 43.0 Å². The minimum atomic E-state index is -0.0160. The molecule has 1 atom stereocenters. The Morgan fingerprint density at radius 1 is 1.08 bits per heavy atom. The van der Waals surface area contributed by atoms with Crippen LogP contribution in [-0.4, -0.2) is 28.5 Å². The van der Waals surface area contributed by atoms with Gasteiger partial charge in [0.25, 0.3) is 0 Å². The van der Waals surface area contributed by atoms with Crippen molar-refractivity contribution < 1.29 is 5.11 Å². The molecule has 0 fully saturated rings. The second-order valence-corrected chi connectivity index (χ2v) is 6.78. The lowest BCUT2D eigenvalue weighted by atomic mass is 10.0. The third-order valence-electron chi connectivity index (χ3n) is 4.50. The molecule has 0 spiro atoms. The lowest BCUT2D eigenvalue weighted by molar-refractivity contribution is 0.251. The van der Waals surface area contributed by atoms with Gasteiger partial charge in [-0.15, -0.1) is 0 Å². The zero-order valence-electron chi connectivity index (χ0n) is 14.7. The summed E-state index contributed by atoms with van der Waals surface area (Å²) in [5.41, 5.74) is 3.62. The van der Waals surface area contributed by atoms with E-state index in [4.69, 9.17) is 0 Å². The minimum Gasteiger partial charge on any atom is -0.394 e. The predicted molar refractivity (Wildman–Crippen MR) is 103 cm³/mol. The maximum atomic E-state index is 9.48. The zero-order valence-corrected chi connectivity index (χ0v) is 14.7. The van der Waals surface area contributed by atoms with Crippen molar-refractivity contribution >= 4 is 28.0 Å². The predicted octanol–water partition coefficient (Wildman–Crippen LogP) is 4.64. The van der Waals surface area contributed by atoms with Crippen molar-refractivity contribution in [2.24, 2.45) is 10.9 Å². The van der Waals surface area contributed by atoms with Crippen molar-refractivity contribution in [2.45, 2.75) is 39.8 Å². The number of para-hydroxylation sites is 1. The van der Waals surface area contributed by atoms with Gasteiger partial charge in [0, 0.05) is 34.6 Å². The number of aliphatic hydroxyl groups is 1. The molecule has 0 aliphatic carbocycles. The monoisotopic (exact) mass is 322 g/mol. The van der Waals surface area contributed by atoms with Crippen LogP contribution >= 0.6 is 0 Å². The van der Waals surface area contributed by atoms with E-state index in [1.807, 2.05) is 6.21 Å². The third-order valence-corrected chi connectivity index (χ3v) is 4.50. The van der Waals surface area contributed by atoms with Gasteiger partial charge in [-0.3, -0.25) is 4.99 Å². The number of fused-ring (bicyclic) bond motifs is 3. The third kappa shape index (κ3) is 3.22. The van der Waals surface area contributed by atoms with Gasteiger partial charge >= 0.3 is 0 Å². The standard InChI is InChI=1S/C21H26N2O/c1-4-23-20-8-6-5-7-18(20)19-12-16(9-10-21(19)23)13-22-17(14-24)11-15(2)3/h5-10,12-13,15,17,24H,4,11,14H2,1-3H3. The maximum absolute atomic E-state index is 9.48. The molecule has 24 heavy (non-hydrogen) atoms. The lowest BCUT2D eigenvalue weighted by Gasteiger charge is -2.11. The molecule has 1 heterocycles. The van der Waals surface area contributed by atoms with E-state index in [-0.39, 0.29) is 12.6 Å². The van der Waals surface area contributed by atoms with E-state index >= 15 is 0 Å². The number of rotatable bonds is 6. The topological polar surface area (TPSA) is 37.5 Å². The highest BCUT2D eigenvalue weighted by Crippen LogP contribution is 2.29. The lowest BCUT2D eigenvalue weighted by Crippen LogP contribution is -2.13. The van der Waals surface area contributed by atoms with Gasteiger partial charge in [-0.2, -0.15) is 0 Å². The second-order valence-electron chi connectivity index (χ2n) is 6.78. The van der Waals surface area contributed by atoms with Gasteiger partial charge in [0.1, 0.15) is 0 Å². The molecule has 0 saturated heterocycles. The number of benzene rings is 2. The van der Waals surface area contributed by atoms with E-state index in [2.05, 4.69) is 72.8 Å². The second kappa shape index (κ2) is 7.18. The summed E-state index contributed by atoms with van der Waals surface area (Å²) in [6.45, 7) is 7.55. The largest absolute Gasteiger partial charge is 0.394 e. The Bertz CT molecular complexity index is 861. The maximum Gasteiger partial charge on any atom is 0.0733 e. The summed E-state index contributed by atoms with van der Waals surface area (Å²) < 4.78 is 2.35. The Labute approximate surface area is 143 Å². The molecule has 0 aliphatic rings. The van der Waals surface area contributed by atoms with E-state index in [0.717, 1.165) is 18.5 Å². The van der Waals surface area contributed by atoms with Gasteiger partial charge < -0.3 is 9.67 Å². The van der Waals surface area contributed by atoms with Gasteiger partial charge in [0.15, 0.2) is 0 Å². The Hall–Kier alpha value is -2.13. The number of aromatic nitrogens is 1. The number of aliphatic imine (C=N–C) groups is 1. The first-order valence-corrected chi connectivity index (χ1v) is 8.79. The van der Waals surface area contributed by atoms with Gasteiger partial charge in [-0.25, -0.2) is 0 Å². The van der Waals surface area contributed by atoms with Crippen molar-refractivity contribution in [3.8, 4) is 0 Å². The molecular formula is C21H26N2O. The van der Waals surface area contributed by atoms with Gasteiger partial charge in [0.2, 0.25) is 0 Å². The number of aryl methyl sites for hydroxylation is 1. The highest BCUT2D eigenvalue weighted by atomic mass is 16.3. The van der Waals surface area contributed by atoms with Gasteiger partial charge in [0.05, 0.1) is 12.6 Å². The first-order valence-electron chi connectivity index (χ1n) is 8.79. The van der Waals surface area contributed by atoms with Crippen LogP contribution in [0.5, 0.6) is 0 Å². The molecule has 1 aromatic heterocycles. The summed E-state index contributed by atoms with van der Waals surface area (Å²) in [4.78, 5) is 4.58. The Balaban J connectivity index is 2.01. The number of hydrogen-bond donors (Lipinski definition) is 1. The van der Waals surface area contributed by atoms with Crippen LogP contribution in [0, 0.1) is 5.92 Å². The molecule has 3 aromatic rings. The highest BCUT2D eigenvalue weighted by Gasteiger charge is 2.10. The molecule has 1 N–H and O–H groups in total. The quantitative estimate of drug-likeness (QED) is 0.660. The van der Waals surface area contributed by atoms with Crippen molar-refractivity contribution in [3.63, 3.8) is 0 Å². The molecule has 1 unspecified atom stereocenters. The van der Waals surface area contributed by atoms with E-state index in [9.17, 15) is 5.11 Å². The van der Waals surface area contributed by atoms with Crippen LogP contribution < -0.4 is 0 Å². The molecule has 0 bridgehead atoms. The van der Waals surface area contributed by atoms with E-state index in [0.29, 0.717) is 5.92 Å². The molecule has 3 heteroatoms. The van der Waals surface area contributed by atoms with Crippen LogP contribution in [0.1, 0.15) is 32.8 Å². The fourth-order valence-electron chi connectivity index (χ4n) is 3.41. The number of nitrogens with zero attached hydrogens (tertiary/aromatic N) is 2. The highest BCUT2D eigenvalue weighted by molar-refractivity contribution is 6.09. The van der Waals surface area contributed by atoms with Gasteiger partial charge in [-0.1, -0.05) is 38.1 Å². The van der Waals surface area contributed by atoms with Crippen LogP contribution in [-0.2, 0) is 6.54 Å². The van der Waals surface area contributed by atoms with Crippen molar-refractivity contribution in [1.82, 2.24) is 4.57 Å². The molecule has 2 aromatic carbocycles. The van der Waals surface area contributed by atoms with E-state index in [1.54, 1.807) is 0 Å². The summed E-state index contributed by atoms with van der Waals surface area (Å²) in [5, 5.41) is 12.0. The van der Waals surface area contributed by atoms with Crippen molar-refractivity contribution in [1.29, 1.82) is 0 Å². The fourth-order valence-corrected chi connectivity index (χ4v) is 3.41. The molecule has 0 amide bonds. The fraction of sp³-hybridized carbons (Fsp3) is 0.381. The molecular weight excluding hydrogens is 296 g/mol. The smallest absolute Gasteiger partial charge is 0.0733 e. The van der Waals surface area contributed by atoms with Crippen LogP contribution in [0.3, 0.4) is 0 Å². The number of aliphatic hydroxyl groups excluding tert-OH is 1. The molecule has 0 saturated carbocycles. The normalized spacial score (nSPS) is 13.5. The van der Waals surface area contributed by atoms with Crippen LogP contribution in [0.4, 0.5) is 0 Å². The van der Waals surface area contributed by atoms with Crippen LogP contribution in [0.15, 0.2) is 47.5 Å². The summed E-state index contributed by atoms with van der Waals surface area (Å²) in [7, 11) is 0. The summed E-state index contributed by atoms with van der Waals surface area (Å²) >= 11 is 0. The number of hydrogen-bond acceptors (Lipinski definition) is 2. The van der Waals surface area contributed by atoms with Crippen LogP contribution in [0.2, 0.25) is 0 Å². The van der Waals surface area contributed by atoms with Crippen molar-refractivity contribution in [2.75, 3.05) is 6.61 Å². The molecule has 0 aliphatic heterocycles. The molecule has 3 rings (SSSR count). The first-order chi connectivity index (χ1) is 11.6. The molecule has 0 radical (unpaired) electrons. The summed E-state index contributed by atoms with van der Waals surface area (Å²) in [6.07, 6.45) is 2.81. The first kappa shape index (κ1) is 16.7.